The Balaban J connectivity index is 1.83. The number of carbonyl (C=O) groups excluding carboxylic acids is 1. The first kappa shape index (κ1) is 17.6. The highest BCUT2D eigenvalue weighted by atomic mass is 16.5. The van der Waals surface area contributed by atoms with Gasteiger partial charge in [0.25, 0.3) is 0 Å². The van der Waals surface area contributed by atoms with Crippen molar-refractivity contribution in [1.29, 1.82) is 0 Å². The molecule has 1 fully saturated rings. The van der Waals surface area contributed by atoms with Gasteiger partial charge in [0, 0.05) is 23.0 Å². The molecule has 0 amide bonds. The molecule has 0 spiro atoms. The minimum absolute atomic E-state index is 0.335. The molecule has 0 saturated heterocycles. The highest BCUT2D eigenvalue weighted by Crippen LogP contribution is 2.38. The van der Waals surface area contributed by atoms with Crippen molar-refractivity contribution in [2.45, 2.75) is 33.6 Å². The van der Waals surface area contributed by atoms with E-state index in [1.807, 2.05) is 19.1 Å². The summed E-state index contributed by atoms with van der Waals surface area (Å²) in [6.07, 6.45) is 4.24. The third-order valence-corrected chi connectivity index (χ3v) is 4.95. The van der Waals surface area contributed by atoms with Crippen LogP contribution in [0.15, 0.2) is 30.5 Å². The lowest BCUT2D eigenvalue weighted by Crippen LogP contribution is -2.06. The van der Waals surface area contributed by atoms with Crippen LogP contribution in [0.4, 0.5) is 0 Å². The smallest absolute Gasteiger partial charge is 0.342 e. The number of hydrogen-bond acceptors (Lipinski definition) is 4. The molecule has 0 radical (unpaired) electrons. The average molecular weight is 364 g/mol. The van der Waals surface area contributed by atoms with Crippen LogP contribution >= 0.6 is 0 Å². The molecule has 3 aromatic rings. The molecule has 0 aliphatic heterocycles. The minimum atomic E-state index is -0.347. The summed E-state index contributed by atoms with van der Waals surface area (Å²) in [6, 6.07) is 8.18. The third-order valence-electron chi connectivity index (χ3n) is 4.95. The van der Waals surface area contributed by atoms with Crippen molar-refractivity contribution in [3.05, 3.63) is 47.3 Å². The average Bonchev–Trinajstić information content (AvgIpc) is 3.40. The van der Waals surface area contributed by atoms with Gasteiger partial charge >= 0.3 is 5.97 Å². The van der Waals surface area contributed by atoms with E-state index in [4.69, 9.17) is 9.47 Å². The lowest BCUT2D eigenvalue weighted by Gasteiger charge is -2.13. The van der Waals surface area contributed by atoms with Gasteiger partial charge in [-0.05, 0) is 57.7 Å². The van der Waals surface area contributed by atoms with E-state index in [0.29, 0.717) is 23.6 Å². The maximum absolute atomic E-state index is 12.4. The molecule has 1 aliphatic rings. The predicted octanol–water partition coefficient (Wildman–Crippen LogP) is 4.81. The maximum atomic E-state index is 12.4. The molecule has 1 N–H and O–H groups in total. The van der Waals surface area contributed by atoms with E-state index in [0.717, 1.165) is 40.3 Å². The number of H-pyrrole nitrogens is 1. The number of nitrogens with one attached hydrogen (secondary N) is 1. The normalized spacial score (nSPS) is 13.7. The van der Waals surface area contributed by atoms with Crippen LogP contribution in [0.3, 0.4) is 0 Å². The van der Waals surface area contributed by atoms with E-state index < -0.39 is 0 Å². The quantitative estimate of drug-likeness (QED) is 0.637. The highest BCUT2D eigenvalue weighted by molar-refractivity contribution is 6.07. The lowest BCUT2D eigenvalue weighted by atomic mass is 10.0. The van der Waals surface area contributed by atoms with Gasteiger partial charge in [0.05, 0.1) is 18.7 Å². The maximum Gasteiger partial charge on any atom is 0.342 e. The van der Waals surface area contributed by atoms with E-state index in [1.54, 1.807) is 13.1 Å². The second kappa shape index (κ2) is 7.06. The van der Waals surface area contributed by atoms with Gasteiger partial charge in [-0.15, -0.1) is 0 Å². The van der Waals surface area contributed by atoms with Crippen LogP contribution in [0.5, 0.6) is 5.75 Å². The molecule has 1 aromatic carbocycles. The van der Waals surface area contributed by atoms with Crippen LogP contribution in [0.25, 0.3) is 22.2 Å². The standard InChI is InChI=1S/C22H24N2O3/c1-4-26-22(25)19-14(3)24-20-16(9-10-23-21(19)20)17-11-13(2)5-8-18(17)27-12-15-6-7-15/h5,8-11,15,24H,4,6-7,12H2,1-3H3. The van der Waals surface area contributed by atoms with Crippen LogP contribution in [0.2, 0.25) is 0 Å². The topological polar surface area (TPSA) is 64.2 Å². The number of fused-ring (bicyclic) bond motifs is 1. The summed E-state index contributed by atoms with van der Waals surface area (Å²) < 4.78 is 11.3. The van der Waals surface area contributed by atoms with Gasteiger partial charge in [0.2, 0.25) is 0 Å². The number of aromatic nitrogens is 2. The molecule has 5 heteroatoms. The number of esters is 1. The Morgan fingerprint density at radius 3 is 2.78 bits per heavy atom. The van der Waals surface area contributed by atoms with Crippen molar-refractivity contribution >= 4 is 17.0 Å². The van der Waals surface area contributed by atoms with Crippen molar-refractivity contribution in [2.75, 3.05) is 13.2 Å². The lowest BCUT2D eigenvalue weighted by molar-refractivity contribution is 0.0527. The molecule has 4 rings (SSSR count). The number of rotatable bonds is 6. The zero-order valence-electron chi connectivity index (χ0n) is 16.0. The molecule has 2 aromatic heterocycles. The van der Waals surface area contributed by atoms with Gasteiger partial charge in [0.1, 0.15) is 16.8 Å². The fourth-order valence-electron chi connectivity index (χ4n) is 3.36. The number of aryl methyl sites for hydroxylation is 2. The Bertz CT molecular complexity index is 1000. The van der Waals surface area contributed by atoms with Gasteiger partial charge < -0.3 is 14.5 Å². The molecule has 0 unspecified atom stereocenters. The summed E-state index contributed by atoms with van der Waals surface area (Å²) in [6.45, 7) is 6.83. The van der Waals surface area contributed by atoms with Crippen LogP contribution in [-0.2, 0) is 4.74 Å². The van der Waals surface area contributed by atoms with Crippen LogP contribution in [0.1, 0.15) is 41.4 Å². The minimum Gasteiger partial charge on any atom is -0.493 e. The fourth-order valence-corrected chi connectivity index (χ4v) is 3.36. The molecular weight excluding hydrogens is 340 g/mol. The number of benzene rings is 1. The summed E-state index contributed by atoms with van der Waals surface area (Å²) in [7, 11) is 0. The summed E-state index contributed by atoms with van der Waals surface area (Å²) in [5.74, 6) is 1.20. The molecule has 0 bridgehead atoms. The Kier molecular flexibility index (Phi) is 4.60. The number of pyridine rings is 1. The molecular formula is C22H24N2O3. The monoisotopic (exact) mass is 364 g/mol. The summed E-state index contributed by atoms with van der Waals surface area (Å²) in [5, 5.41) is 0. The Hall–Kier alpha value is -2.82. The number of carbonyl (C=O) groups is 1. The molecule has 1 saturated carbocycles. The first-order valence-electron chi connectivity index (χ1n) is 9.46. The van der Waals surface area contributed by atoms with Crippen molar-refractivity contribution in [3.63, 3.8) is 0 Å². The molecule has 0 atom stereocenters. The van der Waals surface area contributed by atoms with Crippen LogP contribution < -0.4 is 4.74 Å². The van der Waals surface area contributed by atoms with Gasteiger partial charge in [-0.1, -0.05) is 11.6 Å². The molecule has 5 nitrogen and oxygen atoms in total. The third kappa shape index (κ3) is 3.42. The summed E-state index contributed by atoms with van der Waals surface area (Å²) in [4.78, 5) is 20.2. The van der Waals surface area contributed by atoms with E-state index >= 15 is 0 Å². The fraction of sp³-hybridized carbons (Fsp3) is 0.364. The van der Waals surface area contributed by atoms with E-state index in [1.165, 1.54) is 12.8 Å². The number of hydrogen-bond donors (Lipinski definition) is 1. The molecule has 140 valence electrons. The van der Waals surface area contributed by atoms with E-state index in [-0.39, 0.29) is 5.97 Å². The van der Waals surface area contributed by atoms with Crippen LogP contribution in [-0.4, -0.2) is 29.2 Å². The second-order valence-corrected chi connectivity index (χ2v) is 7.18. The number of nitrogens with zero attached hydrogens (tertiary/aromatic N) is 1. The zero-order chi connectivity index (χ0) is 19.0. The first-order valence-corrected chi connectivity index (χ1v) is 9.46. The van der Waals surface area contributed by atoms with Crippen molar-refractivity contribution in [1.82, 2.24) is 9.97 Å². The molecule has 1 aliphatic carbocycles. The van der Waals surface area contributed by atoms with Crippen molar-refractivity contribution in [3.8, 4) is 16.9 Å². The largest absolute Gasteiger partial charge is 0.493 e. The van der Waals surface area contributed by atoms with Crippen molar-refractivity contribution in [2.24, 2.45) is 5.92 Å². The van der Waals surface area contributed by atoms with Crippen molar-refractivity contribution < 1.29 is 14.3 Å². The Morgan fingerprint density at radius 1 is 1.22 bits per heavy atom. The zero-order valence-corrected chi connectivity index (χ0v) is 16.0. The van der Waals surface area contributed by atoms with E-state index in [2.05, 4.69) is 29.0 Å². The van der Waals surface area contributed by atoms with Gasteiger partial charge in [-0.2, -0.15) is 0 Å². The van der Waals surface area contributed by atoms with Gasteiger partial charge in [-0.3, -0.25) is 4.98 Å². The first-order chi connectivity index (χ1) is 13.1. The second-order valence-electron chi connectivity index (χ2n) is 7.18. The summed E-state index contributed by atoms with van der Waals surface area (Å²) >= 11 is 0. The highest BCUT2D eigenvalue weighted by Gasteiger charge is 2.24. The number of aromatic amines is 1. The van der Waals surface area contributed by atoms with Crippen LogP contribution in [0, 0.1) is 19.8 Å². The number of ether oxygens (including phenoxy) is 2. The molecule has 2 heterocycles. The van der Waals surface area contributed by atoms with Gasteiger partial charge in [-0.25, -0.2) is 4.79 Å². The Labute approximate surface area is 158 Å². The summed E-state index contributed by atoms with van der Waals surface area (Å²) in [5.41, 5.74) is 5.88. The van der Waals surface area contributed by atoms with E-state index in [9.17, 15) is 4.79 Å². The molecule has 27 heavy (non-hydrogen) atoms. The Morgan fingerprint density at radius 2 is 2.04 bits per heavy atom. The SMILES string of the molecule is CCOC(=O)c1c(C)[nH]c2c(-c3cc(C)ccc3OCC3CC3)ccnc12. The predicted molar refractivity (Wildman–Crippen MR) is 105 cm³/mol. The van der Waals surface area contributed by atoms with Gasteiger partial charge in [0.15, 0.2) is 0 Å².